The maximum atomic E-state index is 13.0. The van der Waals surface area contributed by atoms with Gasteiger partial charge in [-0.05, 0) is 24.3 Å². The zero-order valence-electron chi connectivity index (χ0n) is 15.1. The van der Waals surface area contributed by atoms with Crippen LogP contribution in [0.25, 0.3) is 5.70 Å². The van der Waals surface area contributed by atoms with Gasteiger partial charge in [-0.3, -0.25) is 15.1 Å². The van der Waals surface area contributed by atoms with E-state index in [0.717, 1.165) is 10.8 Å². The van der Waals surface area contributed by atoms with Gasteiger partial charge in [-0.2, -0.15) is 0 Å². The molecule has 0 saturated carbocycles. The number of nitrogens with one attached hydrogen (secondary N) is 1. The minimum atomic E-state index is -0.580. The summed E-state index contributed by atoms with van der Waals surface area (Å²) in [5.74, 6) is 1.02. The Kier molecular flexibility index (Phi) is 5.11. The third-order valence-corrected chi connectivity index (χ3v) is 5.42. The molecule has 1 N–H and O–H groups in total. The number of ether oxygens (including phenoxy) is 1. The first kappa shape index (κ1) is 18.6. The number of carbonyl (C=O) groups is 1. The van der Waals surface area contributed by atoms with Crippen molar-refractivity contribution >= 4 is 40.1 Å². The summed E-state index contributed by atoms with van der Waals surface area (Å²) in [7, 11) is 1.59. The van der Waals surface area contributed by atoms with Gasteiger partial charge in [0.15, 0.2) is 11.3 Å². The minimum absolute atomic E-state index is 0.227. The van der Waals surface area contributed by atoms with Crippen LogP contribution in [0.5, 0.6) is 5.75 Å². The van der Waals surface area contributed by atoms with Crippen LogP contribution < -0.4 is 20.6 Å². The number of fused-ring (bicyclic) bond motifs is 2. The van der Waals surface area contributed by atoms with Gasteiger partial charge >= 0.3 is 0 Å². The fourth-order valence-electron chi connectivity index (χ4n) is 3.14. The van der Waals surface area contributed by atoms with Crippen LogP contribution >= 0.6 is 23.4 Å². The van der Waals surface area contributed by atoms with Crippen molar-refractivity contribution in [3.8, 4) is 5.75 Å². The SMILES string of the molecule is C=CCSC1=NN2C(=c3ccccc3=NC2c2cc(Cl)ccc2OC)C(=O)N1. The number of para-hydroxylation sites is 1. The molecule has 2 aliphatic rings. The second kappa shape index (κ2) is 7.69. The summed E-state index contributed by atoms with van der Waals surface area (Å²) in [6.07, 6.45) is 1.18. The number of carbonyl (C=O) groups excluding carboxylic acids is 1. The molecule has 1 atom stereocenters. The maximum Gasteiger partial charge on any atom is 0.276 e. The van der Waals surface area contributed by atoms with E-state index in [2.05, 4.69) is 17.0 Å². The quantitative estimate of drug-likeness (QED) is 0.783. The highest BCUT2D eigenvalue weighted by Crippen LogP contribution is 2.36. The fourth-order valence-corrected chi connectivity index (χ4v) is 3.91. The van der Waals surface area contributed by atoms with E-state index in [1.165, 1.54) is 11.8 Å². The molecule has 2 aromatic carbocycles. The lowest BCUT2D eigenvalue weighted by Gasteiger charge is -2.34. The minimum Gasteiger partial charge on any atom is -0.496 e. The van der Waals surface area contributed by atoms with Gasteiger partial charge in [-0.15, -0.1) is 11.7 Å². The topological polar surface area (TPSA) is 66.3 Å². The van der Waals surface area contributed by atoms with Crippen LogP contribution in [0.1, 0.15) is 11.7 Å². The summed E-state index contributed by atoms with van der Waals surface area (Å²) in [6.45, 7) is 3.71. The molecule has 6 nitrogen and oxygen atoms in total. The van der Waals surface area contributed by atoms with Gasteiger partial charge in [0.1, 0.15) is 11.4 Å². The van der Waals surface area contributed by atoms with Gasteiger partial charge in [-0.1, -0.05) is 47.6 Å². The molecule has 0 bridgehead atoms. The Morgan fingerprint density at radius 1 is 1.36 bits per heavy atom. The summed E-state index contributed by atoms with van der Waals surface area (Å²) < 4.78 is 5.52. The Morgan fingerprint density at radius 3 is 2.96 bits per heavy atom. The van der Waals surface area contributed by atoms with Crippen LogP contribution in [-0.2, 0) is 4.79 Å². The lowest BCUT2D eigenvalue weighted by atomic mass is 10.1. The zero-order chi connectivity index (χ0) is 19.7. The maximum absolute atomic E-state index is 13.0. The number of hydrazone groups is 1. The number of nitrogens with zero attached hydrogens (tertiary/aromatic N) is 3. The Hall–Kier alpha value is -2.77. The molecule has 0 spiro atoms. The molecule has 1 unspecified atom stereocenters. The second-order valence-corrected chi connectivity index (χ2v) is 7.50. The molecule has 4 rings (SSSR count). The van der Waals surface area contributed by atoms with Gasteiger partial charge < -0.3 is 4.74 Å². The molecule has 0 aliphatic carbocycles. The Balaban J connectivity index is 1.95. The predicted molar refractivity (Wildman–Crippen MR) is 111 cm³/mol. The van der Waals surface area contributed by atoms with Crippen molar-refractivity contribution < 1.29 is 9.53 Å². The van der Waals surface area contributed by atoms with E-state index >= 15 is 0 Å². The Bertz CT molecular complexity index is 1120. The van der Waals surface area contributed by atoms with Crippen molar-refractivity contribution in [3.05, 3.63) is 76.3 Å². The molecule has 2 aliphatic heterocycles. The van der Waals surface area contributed by atoms with Crippen molar-refractivity contribution in [3.63, 3.8) is 0 Å². The zero-order valence-corrected chi connectivity index (χ0v) is 16.6. The Morgan fingerprint density at radius 2 is 2.18 bits per heavy atom. The van der Waals surface area contributed by atoms with Crippen LogP contribution in [0.15, 0.2) is 65.2 Å². The molecule has 28 heavy (non-hydrogen) atoms. The highest BCUT2D eigenvalue weighted by Gasteiger charge is 2.35. The summed E-state index contributed by atoms with van der Waals surface area (Å²) in [4.78, 5) is 17.8. The molecule has 142 valence electrons. The molecule has 8 heteroatoms. The predicted octanol–water partition coefficient (Wildman–Crippen LogP) is 2.41. The highest BCUT2D eigenvalue weighted by molar-refractivity contribution is 8.14. The number of rotatable bonds is 4. The first-order valence-electron chi connectivity index (χ1n) is 8.56. The Labute approximate surface area is 171 Å². The standard InChI is InChI=1S/C20H17ClN4O2S/c1-3-10-28-20-23-19(26)17-13-6-4-5-7-15(13)22-18(25(17)24-20)14-11-12(21)8-9-16(14)27-2/h3-9,11,18H,1,10H2,2H3,(H,23,24,26). The lowest BCUT2D eigenvalue weighted by molar-refractivity contribution is -0.116. The highest BCUT2D eigenvalue weighted by atomic mass is 35.5. The van der Waals surface area contributed by atoms with Crippen molar-refractivity contribution in [2.75, 3.05) is 12.9 Å². The third kappa shape index (κ3) is 3.27. The van der Waals surface area contributed by atoms with Gasteiger partial charge in [-0.25, -0.2) is 5.01 Å². The van der Waals surface area contributed by atoms with Gasteiger partial charge in [0.25, 0.3) is 5.91 Å². The van der Waals surface area contributed by atoms with Crippen LogP contribution in [0.4, 0.5) is 0 Å². The van der Waals surface area contributed by atoms with E-state index in [4.69, 9.17) is 21.3 Å². The molecule has 2 heterocycles. The fraction of sp³-hybridized carbons (Fsp3) is 0.150. The van der Waals surface area contributed by atoms with Crippen LogP contribution in [0.3, 0.4) is 0 Å². The third-order valence-electron chi connectivity index (χ3n) is 4.32. The number of methoxy groups -OCH3 is 1. The summed E-state index contributed by atoms with van der Waals surface area (Å²) in [5.41, 5.74) is 1.18. The molecule has 0 radical (unpaired) electrons. The molecule has 0 fully saturated rings. The first-order valence-corrected chi connectivity index (χ1v) is 9.92. The van der Waals surface area contributed by atoms with E-state index in [1.54, 1.807) is 36.4 Å². The number of amides is 1. The monoisotopic (exact) mass is 412 g/mol. The van der Waals surface area contributed by atoms with E-state index < -0.39 is 6.17 Å². The summed E-state index contributed by atoms with van der Waals surface area (Å²) in [6, 6.07) is 12.8. The smallest absolute Gasteiger partial charge is 0.276 e. The van der Waals surface area contributed by atoms with Crippen LogP contribution in [0, 0.1) is 0 Å². The normalized spacial score (nSPS) is 17.7. The molecule has 0 aromatic heterocycles. The van der Waals surface area contributed by atoms with Crippen molar-refractivity contribution in [1.29, 1.82) is 0 Å². The summed E-state index contributed by atoms with van der Waals surface area (Å²) in [5, 5.41) is 11.6. The van der Waals surface area contributed by atoms with Gasteiger partial charge in [0.05, 0.1) is 12.5 Å². The van der Waals surface area contributed by atoms with Crippen molar-refractivity contribution in [2.45, 2.75) is 6.17 Å². The van der Waals surface area contributed by atoms with E-state index in [1.807, 2.05) is 24.3 Å². The number of halogens is 1. The number of thioether (sulfide) groups is 1. The van der Waals surface area contributed by atoms with E-state index in [0.29, 0.717) is 32.7 Å². The lowest BCUT2D eigenvalue weighted by Crippen LogP contribution is -2.50. The number of amidine groups is 1. The molecular weight excluding hydrogens is 396 g/mol. The first-order chi connectivity index (χ1) is 13.6. The average Bonchev–Trinajstić information content (AvgIpc) is 2.71. The molecule has 0 saturated heterocycles. The van der Waals surface area contributed by atoms with Gasteiger partial charge in [0.2, 0.25) is 0 Å². The van der Waals surface area contributed by atoms with Gasteiger partial charge in [0, 0.05) is 21.6 Å². The van der Waals surface area contributed by atoms with E-state index in [9.17, 15) is 4.79 Å². The largest absolute Gasteiger partial charge is 0.496 e. The molecule has 2 aromatic rings. The van der Waals surface area contributed by atoms with Crippen LogP contribution in [0.2, 0.25) is 5.02 Å². The van der Waals surface area contributed by atoms with Crippen molar-refractivity contribution in [2.24, 2.45) is 10.1 Å². The number of hydrogen-bond acceptors (Lipinski definition) is 6. The number of hydrogen-bond donors (Lipinski definition) is 1. The van der Waals surface area contributed by atoms with Crippen molar-refractivity contribution in [1.82, 2.24) is 10.3 Å². The average molecular weight is 413 g/mol. The molecule has 1 amide bonds. The molecular formula is C20H17ClN4O2S. The second-order valence-electron chi connectivity index (χ2n) is 6.06. The van der Waals surface area contributed by atoms with E-state index in [-0.39, 0.29) is 5.91 Å². The van der Waals surface area contributed by atoms with Crippen LogP contribution in [-0.4, -0.2) is 28.9 Å². The number of benzene rings is 2. The summed E-state index contributed by atoms with van der Waals surface area (Å²) >= 11 is 7.64.